The largest absolute Gasteiger partial charge is 0.478 e. The summed E-state index contributed by atoms with van der Waals surface area (Å²) >= 11 is 0. The number of hydrogen-bond acceptors (Lipinski definition) is 4. The summed E-state index contributed by atoms with van der Waals surface area (Å²) in [7, 11) is 1.54. The van der Waals surface area contributed by atoms with E-state index in [9.17, 15) is 9.59 Å². The van der Waals surface area contributed by atoms with Crippen LogP contribution in [0.5, 0.6) is 0 Å². The Bertz CT molecular complexity index is 438. The standard InChI is InChI=1S/C12H17NO5/c1-4-9-8(12(15)16)5-10(18-9)11(14)13-6-7(2)17-3/h5,7H,4,6H2,1-3H3,(H,13,14)(H,15,16). The first-order valence-corrected chi connectivity index (χ1v) is 5.66. The van der Waals surface area contributed by atoms with Gasteiger partial charge in [-0.1, -0.05) is 6.92 Å². The minimum absolute atomic E-state index is 0.00699. The highest BCUT2D eigenvalue weighted by atomic mass is 16.5. The Kier molecular flexibility index (Phi) is 4.91. The first kappa shape index (κ1) is 14.2. The number of nitrogens with one attached hydrogen (secondary N) is 1. The number of aromatic carboxylic acids is 1. The number of rotatable bonds is 6. The summed E-state index contributed by atoms with van der Waals surface area (Å²) in [4.78, 5) is 22.6. The van der Waals surface area contributed by atoms with Gasteiger partial charge >= 0.3 is 5.97 Å². The minimum atomic E-state index is -1.10. The molecule has 1 amide bonds. The number of ether oxygens (including phenoxy) is 1. The fourth-order valence-electron chi connectivity index (χ4n) is 1.39. The summed E-state index contributed by atoms with van der Waals surface area (Å²) in [5, 5.41) is 11.5. The molecule has 0 aliphatic heterocycles. The van der Waals surface area contributed by atoms with Crippen LogP contribution in [0.4, 0.5) is 0 Å². The maximum absolute atomic E-state index is 11.7. The quantitative estimate of drug-likeness (QED) is 0.800. The van der Waals surface area contributed by atoms with Crippen molar-refractivity contribution in [2.75, 3.05) is 13.7 Å². The Morgan fingerprint density at radius 1 is 1.56 bits per heavy atom. The Morgan fingerprint density at radius 2 is 2.22 bits per heavy atom. The molecule has 6 nitrogen and oxygen atoms in total. The van der Waals surface area contributed by atoms with Crippen LogP contribution in [0.2, 0.25) is 0 Å². The van der Waals surface area contributed by atoms with Gasteiger partial charge in [0, 0.05) is 26.1 Å². The molecule has 0 saturated carbocycles. The van der Waals surface area contributed by atoms with Crippen LogP contribution < -0.4 is 5.32 Å². The molecule has 1 aromatic rings. The Morgan fingerprint density at radius 3 is 2.67 bits per heavy atom. The topological polar surface area (TPSA) is 88.8 Å². The second kappa shape index (κ2) is 6.20. The lowest BCUT2D eigenvalue weighted by molar-refractivity contribution is 0.0694. The van der Waals surface area contributed by atoms with E-state index in [4.69, 9.17) is 14.3 Å². The molecule has 1 heterocycles. The third-order valence-corrected chi connectivity index (χ3v) is 2.54. The summed E-state index contributed by atoms with van der Waals surface area (Å²) in [6, 6.07) is 1.24. The number of amides is 1. The predicted molar refractivity (Wildman–Crippen MR) is 63.8 cm³/mol. The van der Waals surface area contributed by atoms with Crippen molar-refractivity contribution in [2.24, 2.45) is 0 Å². The first-order chi connectivity index (χ1) is 8.49. The zero-order chi connectivity index (χ0) is 13.7. The van der Waals surface area contributed by atoms with Crippen LogP contribution in [0.1, 0.15) is 40.5 Å². The van der Waals surface area contributed by atoms with Crippen LogP contribution in [0.25, 0.3) is 0 Å². The molecule has 0 aliphatic rings. The predicted octanol–water partition coefficient (Wildman–Crippen LogP) is 1.30. The van der Waals surface area contributed by atoms with Crippen LogP contribution in [-0.4, -0.2) is 36.7 Å². The molecule has 1 unspecified atom stereocenters. The zero-order valence-electron chi connectivity index (χ0n) is 10.6. The number of methoxy groups -OCH3 is 1. The smallest absolute Gasteiger partial charge is 0.339 e. The van der Waals surface area contributed by atoms with Crippen molar-refractivity contribution >= 4 is 11.9 Å². The van der Waals surface area contributed by atoms with E-state index in [1.807, 2.05) is 6.92 Å². The maximum atomic E-state index is 11.7. The second-order valence-electron chi connectivity index (χ2n) is 3.86. The number of carbonyl (C=O) groups excluding carboxylic acids is 1. The zero-order valence-corrected chi connectivity index (χ0v) is 10.6. The number of carbonyl (C=O) groups is 2. The molecule has 18 heavy (non-hydrogen) atoms. The molecule has 0 spiro atoms. The molecule has 1 aromatic heterocycles. The third-order valence-electron chi connectivity index (χ3n) is 2.54. The number of furan rings is 1. The average Bonchev–Trinajstić information content (AvgIpc) is 2.79. The molecule has 100 valence electrons. The molecule has 0 radical (unpaired) electrons. The third kappa shape index (κ3) is 3.33. The SMILES string of the molecule is CCc1oc(C(=O)NCC(C)OC)cc1C(=O)O. The van der Waals surface area contributed by atoms with Crippen LogP contribution in [-0.2, 0) is 11.2 Å². The molecule has 6 heteroatoms. The van der Waals surface area contributed by atoms with Crippen LogP contribution in [0.3, 0.4) is 0 Å². The van der Waals surface area contributed by atoms with Gasteiger partial charge in [-0.15, -0.1) is 0 Å². The highest BCUT2D eigenvalue weighted by Gasteiger charge is 2.20. The Labute approximate surface area is 105 Å². The van der Waals surface area contributed by atoms with E-state index in [0.29, 0.717) is 18.7 Å². The van der Waals surface area contributed by atoms with Crippen LogP contribution >= 0.6 is 0 Å². The molecule has 0 fully saturated rings. The van der Waals surface area contributed by atoms with E-state index in [0.717, 1.165) is 0 Å². The highest BCUT2D eigenvalue weighted by molar-refractivity contribution is 5.96. The fourth-order valence-corrected chi connectivity index (χ4v) is 1.39. The molecule has 2 N–H and O–H groups in total. The summed E-state index contributed by atoms with van der Waals surface area (Å²) in [5.74, 6) is -1.24. The Hall–Kier alpha value is -1.82. The van der Waals surface area contributed by atoms with Gasteiger partial charge in [0.25, 0.3) is 5.91 Å². The summed E-state index contributed by atoms with van der Waals surface area (Å²) < 4.78 is 10.2. The van der Waals surface area contributed by atoms with E-state index in [2.05, 4.69) is 5.32 Å². The second-order valence-corrected chi connectivity index (χ2v) is 3.86. The summed E-state index contributed by atoms with van der Waals surface area (Å²) in [6.45, 7) is 3.91. The monoisotopic (exact) mass is 255 g/mol. The molecule has 0 aliphatic carbocycles. The van der Waals surface area contributed by atoms with Gasteiger partial charge in [0.1, 0.15) is 11.3 Å². The van der Waals surface area contributed by atoms with Gasteiger partial charge in [-0.3, -0.25) is 4.79 Å². The van der Waals surface area contributed by atoms with E-state index in [1.165, 1.54) is 6.07 Å². The fraction of sp³-hybridized carbons (Fsp3) is 0.500. The van der Waals surface area contributed by atoms with Crippen LogP contribution in [0, 0.1) is 0 Å². The van der Waals surface area contributed by atoms with Crippen molar-refractivity contribution in [2.45, 2.75) is 26.4 Å². The Balaban J connectivity index is 2.77. The van der Waals surface area contributed by atoms with Gasteiger partial charge in [-0.25, -0.2) is 4.79 Å². The number of carboxylic acid groups (broad SMARTS) is 1. The van der Waals surface area contributed by atoms with E-state index >= 15 is 0 Å². The molecule has 0 bridgehead atoms. The van der Waals surface area contributed by atoms with Crippen molar-refractivity contribution in [3.05, 3.63) is 23.2 Å². The van der Waals surface area contributed by atoms with Gasteiger partial charge in [0.15, 0.2) is 5.76 Å². The maximum Gasteiger partial charge on any atom is 0.339 e. The molecular weight excluding hydrogens is 238 g/mol. The number of aryl methyl sites for hydroxylation is 1. The van der Waals surface area contributed by atoms with E-state index < -0.39 is 11.9 Å². The minimum Gasteiger partial charge on any atom is -0.478 e. The lowest BCUT2D eigenvalue weighted by atomic mass is 10.2. The number of hydrogen-bond donors (Lipinski definition) is 2. The first-order valence-electron chi connectivity index (χ1n) is 5.66. The van der Waals surface area contributed by atoms with Gasteiger partial charge < -0.3 is 19.6 Å². The molecular formula is C12H17NO5. The molecule has 0 aromatic carbocycles. The highest BCUT2D eigenvalue weighted by Crippen LogP contribution is 2.16. The molecule has 1 atom stereocenters. The summed E-state index contributed by atoms with van der Waals surface area (Å²) in [5.41, 5.74) is 0.0300. The average molecular weight is 255 g/mol. The van der Waals surface area contributed by atoms with Gasteiger partial charge in [0.05, 0.1) is 6.10 Å². The van der Waals surface area contributed by atoms with E-state index in [1.54, 1.807) is 14.0 Å². The van der Waals surface area contributed by atoms with Gasteiger partial charge in [-0.2, -0.15) is 0 Å². The van der Waals surface area contributed by atoms with Crippen molar-refractivity contribution in [1.82, 2.24) is 5.32 Å². The number of carboxylic acids is 1. The van der Waals surface area contributed by atoms with Crippen molar-refractivity contribution < 1.29 is 23.8 Å². The lowest BCUT2D eigenvalue weighted by Gasteiger charge is -2.09. The van der Waals surface area contributed by atoms with Crippen molar-refractivity contribution in [1.29, 1.82) is 0 Å². The van der Waals surface area contributed by atoms with Crippen molar-refractivity contribution in [3.63, 3.8) is 0 Å². The summed E-state index contributed by atoms with van der Waals surface area (Å²) in [6.07, 6.45) is 0.303. The van der Waals surface area contributed by atoms with Gasteiger partial charge in [0.2, 0.25) is 0 Å². The van der Waals surface area contributed by atoms with Crippen molar-refractivity contribution in [3.8, 4) is 0 Å². The molecule has 1 rings (SSSR count). The molecule has 0 saturated heterocycles. The normalized spacial score (nSPS) is 12.2. The lowest BCUT2D eigenvalue weighted by Crippen LogP contribution is -2.31. The van der Waals surface area contributed by atoms with E-state index in [-0.39, 0.29) is 17.4 Å². The van der Waals surface area contributed by atoms with Gasteiger partial charge in [-0.05, 0) is 6.92 Å². The van der Waals surface area contributed by atoms with Crippen LogP contribution in [0.15, 0.2) is 10.5 Å².